The highest BCUT2D eigenvalue weighted by molar-refractivity contribution is 5.95. The van der Waals surface area contributed by atoms with E-state index in [9.17, 15) is 23.6 Å². The predicted molar refractivity (Wildman–Crippen MR) is 183 cm³/mol. The van der Waals surface area contributed by atoms with E-state index in [1.807, 2.05) is 32.9 Å². The van der Waals surface area contributed by atoms with E-state index in [4.69, 9.17) is 4.74 Å². The van der Waals surface area contributed by atoms with Crippen molar-refractivity contribution in [3.05, 3.63) is 75.5 Å². The Balaban J connectivity index is 0.957. The second-order valence-corrected chi connectivity index (χ2v) is 14.2. The summed E-state index contributed by atoms with van der Waals surface area (Å²) < 4.78 is 20.4. The summed E-state index contributed by atoms with van der Waals surface area (Å²) in [6, 6.07) is 12.1. The number of piperidine rings is 1. The van der Waals surface area contributed by atoms with E-state index in [2.05, 4.69) is 20.0 Å². The summed E-state index contributed by atoms with van der Waals surface area (Å²) in [5.74, 6) is -0.954. The number of hydrogen-bond donors (Lipinski definition) is 1. The SMILES string of the molecule is CC(C)(C)OC(=O)N1CCN(C2CCN(CC(=O)N3CCN(C(=O)c4cc(Cc5n[nH]c(=O)c6ccccc56)ccc4F)CC3)CC2)CC1. The van der Waals surface area contributed by atoms with Gasteiger partial charge < -0.3 is 19.4 Å². The molecule has 0 unspecified atom stereocenters. The maximum Gasteiger partial charge on any atom is 0.410 e. The topological polar surface area (TPSA) is 122 Å². The lowest BCUT2D eigenvalue weighted by atomic mass is 10.0. The summed E-state index contributed by atoms with van der Waals surface area (Å²) in [4.78, 5) is 61.1. The van der Waals surface area contributed by atoms with Crippen LogP contribution in [0.4, 0.5) is 9.18 Å². The Morgan fingerprint density at radius 2 is 1.49 bits per heavy atom. The van der Waals surface area contributed by atoms with Gasteiger partial charge in [-0.05, 0) is 57.4 Å². The minimum Gasteiger partial charge on any atom is -0.444 e. The summed E-state index contributed by atoms with van der Waals surface area (Å²) in [5.41, 5.74) is 0.545. The molecule has 1 N–H and O–H groups in total. The van der Waals surface area contributed by atoms with Crippen LogP contribution in [0.25, 0.3) is 10.8 Å². The Morgan fingerprint density at radius 1 is 0.857 bits per heavy atom. The Hall–Kier alpha value is -4.36. The van der Waals surface area contributed by atoms with Crippen molar-refractivity contribution >= 4 is 28.7 Å². The number of aromatic nitrogens is 2. The number of ether oxygens (including phenoxy) is 1. The van der Waals surface area contributed by atoms with Gasteiger partial charge in [-0.15, -0.1) is 0 Å². The van der Waals surface area contributed by atoms with E-state index in [1.165, 1.54) is 6.07 Å². The first kappa shape index (κ1) is 34.5. The second-order valence-electron chi connectivity index (χ2n) is 14.2. The van der Waals surface area contributed by atoms with E-state index in [0.717, 1.165) is 39.0 Å². The van der Waals surface area contributed by atoms with Gasteiger partial charge in [0.2, 0.25) is 5.91 Å². The van der Waals surface area contributed by atoms with Crippen LogP contribution in [0.5, 0.6) is 0 Å². The molecule has 6 rings (SSSR count). The van der Waals surface area contributed by atoms with Crippen LogP contribution in [0.1, 0.15) is 55.2 Å². The van der Waals surface area contributed by atoms with E-state index in [0.29, 0.717) is 80.3 Å². The fourth-order valence-electron chi connectivity index (χ4n) is 7.01. The van der Waals surface area contributed by atoms with Gasteiger partial charge in [-0.3, -0.25) is 24.2 Å². The van der Waals surface area contributed by atoms with Crippen molar-refractivity contribution in [1.82, 2.24) is 34.7 Å². The number of halogens is 1. The molecule has 1 aromatic heterocycles. The van der Waals surface area contributed by atoms with Gasteiger partial charge in [0.1, 0.15) is 11.4 Å². The molecular weight excluding hydrogens is 629 g/mol. The zero-order chi connectivity index (χ0) is 34.7. The van der Waals surface area contributed by atoms with Crippen LogP contribution in [0.3, 0.4) is 0 Å². The molecule has 4 heterocycles. The van der Waals surface area contributed by atoms with Crippen LogP contribution in [0, 0.1) is 5.82 Å². The molecular formula is C36H46FN7O5. The van der Waals surface area contributed by atoms with Gasteiger partial charge in [0.25, 0.3) is 11.5 Å². The monoisotopic (exact) mass is 675 g/mol. The molecule has 0 bridgehead atoms. The number of likely N-dealkylation sites (tertiary alicyclic amines) is 1. The number of aromatic amines is 1. The fourth-order valence-corrected chi connectivity index (χ4v) is 7.01. The first-order valence-electron chi connectivity index (χ1n) is 17.2. The molecule has 0 radical (unpaired) electrons. The number of benzene rings is 2. The minimum absolute atomic E-state index is 0.0138. The van der Waals surface area contributed by atoms with Gasteiger partial charge in [0.05, 0.1) is 23.2 Å². The number of nitrogens with zero attached hydrogens (tertiary/aromatic N) is 6. The highest BCUT2D eigenvalue weighted by Crippen LogP contribution is 2.22. The Labute approximate surface area is 285 Å². The number of carbonyl (C=O) groups is 3. The van der Waals surface area contributed by atoms with Crippen molar-refractivity contribution in [3.8, 4) is 0 Å². The molecule has 262 valence electrons. The van der Waals surface area contributed by atoms with E-state index in [-0.39, 0.29) is 23.1 Å². The molecule has 12 nitrogen and oxygen atoms in total. The number of hydrogen-bond acceptors (Lipinski definition) is 8. The number of carbonyl (C=O) groups excluding carboxylic acids is 3. The van der Waals surface area contributed by atoms with Gasteiger partial charge in [-0.1, -0.05) is 24.3 Å². The fraction of sp³-hybridized carbons (Fsp3) is 0.528. The highest BCUT2D eigenvalue weighted by atomic mass is 19.1. The van der Waals surface area contributed by atoms with E-state index >= 15 is 0 Å². The molecule has 3 saturated heterocycles. The number of H-pyrrole nitrogens is 1. The van der Waals surface area contributed by atoms with Crippen molar-refractivity contribution < 1.29 is 23.5 Å². The molecule has 0 spiro atoms. The third-order valence-electron chi connectivity index (χ3n) is 9.73. The van der Waals surface area contributed by atoms with Crippen molar-refractivity contribution in [2.45, 2.75) is 51.7 Å². The quantitative estimate of drug-likeness (QED) is 0.424. The third kappa shape index (κ3) is 8.27. The van der Waals surface area contributed by atoms with Crippen LogP contribution in [-0.4, -0.2) is 136 Å². The second kappa shape index (κ2) is 14.6. The van der Waals surface area contributed by atoms with Crippen LogP contribution in [0.2, 0.25) is 0 Å². The molecule has 0 saturated carbocycles. The average molecular weight is 676 g/mol. The van der Waals surface area contributed by atoms with Crippen LogP contribution >= 0.6 is 0 Å². The Bertz CT molecular complexity index is 1730. The number of nitrogens with one attached hydrogen (secondary N) is 1. The first-order valence-corrected chi connectivity index (χ1v) is 17.2. The van der Waals surface area contributed by atoms with Gasteiger partial charge in [0.15, 0.2) is 0 Å². The van der Waals surface area contributed by atoms with Gasteiger partial charge >= 0.3 is 6.09 Å². The van der Waals surface area contributed by atoms with Crippen molar-refractivity contribution in [2.24, 2.45) is 0 Å². The Kier molecular flexibility index (Phi) is 10.3. The largest absolute Gasteiger partial charge is 0.444 e. The average Bonchev–Trinajstić information content (AvgIpc) is 3.10. The van der Waals surface area contributed by atoms with Gasteiger partial charge in [-0.25, -0.2) is 14.3 Å². The molecule has 3 aliphatic heterocycles. The lowest BCUT2D eigenvalue weighted by Crippen LogP contribution is -2.56. The highest BCUT2D eigenvalue weighted by Gasteiger charge is 2.32. The van der Waals surface area contributed by atoms with Crippen LogP contribution < -0.4 is 5.56 Å². The summed E-state index contributed by atoms with van der Waals surface area (Å²) in [7, 11) is 0. The molecule has 2 aromatic carbocycles. The molecule has 13 heteroatoms. The summed E-state index contributed by atoms with van der Waals surface area (Å²) in [6.07, 6.45) is 2.02. The first-order chi connectivity index (χ1) is 23.4. The normalized spacial score (nSPS) is 18.6. The molecule has 3 amide bonds. The number of fused-ring (bicyclic) bond motifs is 1. The minimum atomic E-state index is -0.597. The standard InChI is InChI=1S/C36H46FN7O5/c1-36(2,3)49-35(48)44-20-14-41(15-21-44)26-10-12-40(13-11-26)24-32(45)42-16-18-43(19-17-42)34(47)29-22-25(8-9-30(29)37)23-31-27-6-4-5-7-28(27)33(46)39-38-31/h4-9,22,26H,10-21,23-24H2,1-3H3,(H,39,46). The Morgan fingerprint density at radius 3 is 2.16 bits per heavy atom. The van der Waals surface area contributed by atoms with Gasteiger partial charge in [0, 0.05) is 83.3 Å². The molecule has 49 heavy (non-hydrogen) atoms. The maximum absolute atomic E-state index is 14.9. The third-order valence-corrected chi connectivity index (χ3v) is 9.73. The smallest absolute Gasteiger partial charge is 0.410 e. The molecule has 0 atom stereocenters. The van der Waals surface area contributed by atoms with Crippen molar-refractivity contribution in [1.29, 1.82) is 0 Å². The van der Waals surface area contributed by atoms with Gasteiger partial charge in [-0.2, -0.15) is 5.10 Å². The van der Waals surface area contributed by atoms with Crippen LogP contribution in [-0.2, 0) is 16.0 Å². The number of rotatable bonds is 6. The summed E-state index contributed by atoms with van der Waals surface area (Å²) in [6.45, 7) is 12.1. The molecule has 3 aliphatic rings. The zero-order valence-electron chi connectivity index (χ0n) is 28.6. The number of amides is 3. The lowest BCUT2D eigenvalue weighted by molar-refractivity contribution is -0.134. The summed E-state index contributed by atoms with van der Waals surface area (Å²) >= 11 is 0. The molecule has 3 fully saturated rings. The number of piperazine rings is 2. The maximum atomic E-state index is 14.9. The van der Waals surface area contributed by atoms with Crippen molar-refractivity contribution in [2.75, 3.05) is 72.0 Å². The zero-order valence-corrected chi connectivity index (χ0v) is 28.6. The summed E-state index contributed by atoms with van der Waals surface area (Å²) in [5, 5.41) is 7.97. The van der Waals surface area contributed by atoms with Crippen LogP contribution in [0.15, 0.2) is 47.3 Å². The van der Waals surface area contributed by atoms with E-state index < -0.39 is 17.3 Å². The molecule has 3 aromatic rings. The molecule has 0 aliphatic carbocycles. The predicted octanol–water partition coefficient (Wildman–Crippen LogP) is 2.95. The van der Waals surface area contributed by atoms with E-state index in [1.54, 1.807) is 39.0 Å². The lowest BCUT2D eigenvalue weighted by Gasteiger charge is -2.43. The van der Waals surface area contributed by atoms with Crippen molar-refractivity contribution in [3.63, 3.8) is 0 Å².